The van der Waals surface area contributed by atoms with Crippen LogP contribution in [0.3, 0.4) is 0 Å². The third-order valence-electron chi connectivity index (χ3n) is 4.29. The topological polar surface area (TPSA) is 64.6 Å². The summed E-state index contributed by atoms with van der Waals surface area (Å²) < 4.78 is 10.9. The predicted molar refractivity (Wildman–Crippen MR) is 123 cm³/mol. The van der Waals surface area contributed by atoms with E-state index in [9.17, 15) is 9.59 Å². The summed E-state index contributed by atoms with van der Waals surface area (Å²) >= 11 is 18.0. The Morgan fingerprint density at radius 3 is 2.19 bits per heavy atom. The molecule has 3 aromatic carbocycles. The lowest BCUT2D eigenvalue weighted by molar-refractivity contribution is -0.141. The van der Waals surface area contributed by atoms with Crippen molar-refractivity contribution in [2.45, 2.75) is 20.0 Å². The molecule has 0 spiro atoms. The molecule has 1 unspecified atom stereocenters. The lowest BCUT2D eigenvalue weighted by Crippen LogP contribution is -2.28. The Bertz CT molecular complexity index is 1120. The van der Waals surface area contributed by atoms with Gasteiger partial charge in [0.1, 0.15) is 11.5 Å². The molecule has 0 saturated heterocycles. The zero-order chi connectivity index (χ0) is 22.5. The maximum atomic E-state index is 12.4. The number of rotatable bonds is 6. The van der Waals surface area contributed by atoms with Gasteiger partial charge in [0.15, 0.2) is 6.10 Å². The molecule has 0 saturated carbocycles. The maximum Gasteiger partial charge on any atom is 0.352 e. The first-order valence-corrected chi connectivity index (χ1v) is 10.4. The predicted octanol–water partition coefficient (Wildman–Crippen LogP) is 6.58. The number of benzene rings is 3. The highest BCUT2D eigenvalue weighted by molar-refractivity contribution is 6.36. The number of anilines is 1. The van der Waals surface area contributed by atoms with Gasteiger partial charge in [-0.2, -0.15) is 0 Å². The minimum Gasteiger partial charge on any atom is -0.479 e. The van der Waals surface area contributed by atoms with Gasteiger partial charge < -0.3 is 14.8 Å². The van der Waals surface area contributed by atoms with Crippen LogP contribution in [0.25, 0.3) is 0 Å². The molecule has 0 aromatic heterocycles. The van der Waals surface area contributed by atoms with Crippen LogP contribution in [0.5, 0.6) is 11.5 Å². The highest BCUT2D eigenvalue weighted by atomic mass is 35.5. The molecule has 0 aliphatic rings. The molecule has 0 aliphatic heterocycles. The largest absolute Gasteiger partial charge is 0.479 e. The van der Waals surface area contributed by atoms with E-state index in [1.54, 1.807) is 43.3 Å². The van der Waals surface area contributed by atoms with Crippen LogP contribution in [0.1, 0.15) is 22.8 Å². The molecule has 3 aromatic rings. The Hall–Kier alpha value is -2.73. The number of amides is 1. The summed E-state index contributed by atoms with van der Waals surface area (Å²) in [6, 6.07) is 16.0. The van der Waals surface area contributed by atoms with Crippen LogP contribution in [-0.2, 0) is 4.79 Å². The number of aryl methyl sites for hydroxylation is 1. The summed E-state index contributed by atoms with van der Waals surface area (Å²) in [7, 11) is 0. The van der Waals surface area contributed by atoms with Crippen LogP contribution >= 0.6 is 34.8 Å². The van der Waals surface area contributed by atoms with Crippen LogP contribution < -0.4 is 14.8 Å². The summed E-state index contributed by atoms with van der Waals surface area (Å²) in [5, 5.41) is 4.12. The quantitative estimate of drug-likeness (QED) is 0.321. The smallest absolute Gasteiger partial charge is 0.352 e. The average Bonchev–Trinajstić information content (AvgIpc) is 2.73. The molecule has 0 heterocycles. The third-order valence-corrected chi connectivity index (χ3v) is 5.27. The van der Waals surface area contributed by atoms with Crippen LogP contribution in [0.2, 0.25) is 15.1 Å². The molecular weight excluding hydrogens is 461 g/mol. The monoisotopic (exact) mass is 477 g/mol. The molecule has 5 nitrogen and oxygen atoms in total. The van der Waals surface area contributed by atoms with E-state index in [0.29, 0.717) is 32.1 Å². The lowest BCUT2D eigenvalue weighted by atomic mass is 10.2. The first kappa shape index (κ1) is 22.9. The van der Waals surface area contributed by atoms with Crippen molar-refractivity contribution in [3.05, 3.63) is 86.9 Å². The van der Waals surface area contributed by atoms with Gasteiger partial charge in [0.05, 0.1) is 10.7 Å². The average molecular weight is 479 g/mol. The molecule has 1 atom stereocenters. The van der Waals surface area contributed by atoms with E-state index in [2.05, 4.69) is 5.32 Å². The van der Waals surface area contributed by atoms with E-state index in [4.69, 9.17) is 44.3 Å². The molecule has 31 heavy (non-hydrogen) atoms. The minimum atomic E-state index is -0.839. The first-order chi connectivity index (χ1) is 14.7. The summed E-state index contributed by atoms with van der Waals surface area (Å²) in [6.45, 7) is 3.43. The van der Waals surface area contributed by atoms with Gasteiger partial charge in [-0.25, -0.2) is 4.79 Å². The van der Waals surface area contributed by atoms with Crippen molar-refractivity contribution in [3.63, 3.8) is 0 Å². The van der Waals surface area contributed by atoms with Gasteiger partial charge in [-0.15, -0.1) is 0 Å². The highest BCUT2D eigenvalue weighted by Gasteiger charge is 2.18. The molecule has 0 aliphatic carbocycles. The second kappa shape index (κ2) is 10.1. The van der Waals surface area contributed by atoms with Crippen molar-refractivity contribution in [2.24, 2.45) is 0 Å². The number of halogens is 3. The number of hydrogen-bond donors (Lipinski definition) is 1. The summed E-state index contributed by atoms with van der Waals surface area (Å²) in [5.41, 5.74) is 1.60. The Morgan fingerprint density at radius 2 is 1.52 bits per heavy atom. The van der Waals surface area contributed by atoms with E-state index in [-0.39, 0.29) is 11.7 Å². The third kappa shape index (κ3) is 6.14. The van der Waals surface area contributed by atoms with E-state index in [0.717, 1.165) is 5.56 Å². The van der Waals surface area contributed by atoms with Crippen molar-refractivity contribution in [1.82, 2.24) is 0 Å². The molecule has 160 valence electrons. The fourth-order valence-corrected chi connectivity index (χ4v) is 3.06. The van der Waals surface area contributed by atoms with Gasteiger partial charge in [-0.3, -0.25) is 4.79 Å². The van der Waals surface area contributed by atoms with E-state index < -0.39 is 12.1 Å². The van der Waals surface area contributed by atoms with Crippen LogP contribution in [0.4, 0.5) is 5.69 Å². The van der Waals surface area contributed by atoms with Crippen molar-refractivity contribution < 1.29 is 19.1 Å². The normalized spacial score (nSPS) is 11.5. The van der Waals surface area contributed by atoms with Gasteiger partial charge in [0.2, 0.25) is 0 Å². The lowest BCUT2D eigenvalue weighted by Gasteiger charge is -2.14. The summed E-state index contributed by atoms with van der Waals surface area (Å²) in [6.07, 6.45) is -0.839. The highest BCUT2D eigenvalue weighted by Crippen LogP contribution is 2.26. The number of nitrogens with one attached hydrogen (secondary N) is 1. The van der Waals surface area contributed by atoms with E-state index in [1.807, 2.05) is 6.92 Å². The summed E-state index contributed by atoms with van der Waals surface area (Å²) in [5.74, 6) is -0.157. The molecule has 3 rings (SSSR count). The van der Waals surface area contributed by atoms with Crippen molar-refractivity contribution >= 4 is 52.4 Å². The van der Waals surface area contributed by atoms with Crippen molar-refractivity contribution in [3.8, 4) is 11.5 Å². The van der Waals surface area contributed by atoms with Gasteiger partial charge in [0, 0.05) is 15.6 Å². The number of hydrogen-bond acceptors (Lipinski definition) is 4. The minimum absolute atomic E-state index is 0.282. The standard InChI is InChI=1S/C23H18Cl3NO4/c1-13-11-18(8-10-19(13)25)30-14(2)23(29)31-17-6-3-15(4-7-17)22(28)27-21-12-16(24)5-9-20(21)26/h3-12,14H,1-2H3,(H,27,28). The second-order valence-corrected chi connectivity index (χ2v) is 7.95. The van der Waals surface area contributed by atoms with E-state index in [1.165, 1.54) is 24.3 Å². The molecule has 1 N–H and O–H groups in total. The van der Waals surface area contributed by atoms with E-state index >= 15 is 0 Å². The van der Waals surface area contributed by atoms with Crippen LogP contribution in [-0.4, -0.2) is 18.0 Å². The first-order valence-electron chi connectivity index (χ1n) is 9.24. The number of carbonyl (C=O) groups is 2. The van der Waals surface area contributed by atoms with Gasteiger partial charge in [0.25, 0.3) is 5.91 Å². The van der Waals surface area contributed by atoms with Crippen molar-refractivity contribution in [1.29, 1.82) is 0 Å². The van der Waals surface area contributed by atoms with Crippen molar-refractivity contribution in [2.75, 3.05) is 5.32 Å². The maximum absolute atomic E-state index is 12.4. The number of esters is 1. The second-order valence-electron chi connectivity index (χ2n) is 6.69. The molecule has 0 fully saturated rings. The Kier molecular flexibility index (Phi) is 7.44. The Morgan fingerprint density at radius 1 is 0.871 bits per heavy atom. The number of carbonyl (C=O) groups excluding carboxylic acids is 2. The summed E-state index contributed by atoms with van der Waals surface area (Å²) in [4.78, 5) is 24.7. The zero-order valence-corrected chi connectivity index (χ0v) is 18.9. The zero-order valence-electron chi connectivity index (χ0n) is 16.6. The fraction of sp³-hybridized carbons (Fsp3) is 0.130. The molecule has 8 heteroatoms. The Labute approximate surface area is 194 Å². The molecular formula is C23H18Cl3NO4. The molecule has 0 bridgehead atoms. The Balaban J connectivity index is 1.60. The number of ether oxygens (including phenoxy) is 2. The van der Waals surface area contributed by atoms with Crippen LogP contribution in [0, 0.1) is 6.92 Å². The van der Waals surface area contributed by atoms with Gasteiger partial charge in [-0.1, -0.05) is 34.8 Å². The van der Waals surface area contributed by atoms with Gasteiger partial charge in [-0.05, 0) is 80.1 Å². The molecule has 0 radical (unpaired) electrons. The fourth-order valence-electron chi connectivity index (χ4n) is 2.60. The van der Waals surface area contributed by atoms with Crippen LogP contribution in [0.15, 0.2) is 60.7 Å². The SMILES string of the molecule is Cc1cc(OC(C)C(=O)Oc2ccc(C(=O)Nc3cc(Cl)ccc3Cl)cc2)ccc1Cl. The molecule has 1 amide bonds. The van der Waals surface area contributed by atoms with Gasteiger partial charge >= 0.3 is 5.97 Å².